The molecule has 0 spiro atoms. The van der Waals surface area contributed by atoms with Gasteiger partial charge in [0.05, 0.1) is 6.61 Å². The zero-order valence-electron chi connectivity index (χ0n) is 11.9. The first-order valence-corrected chi connectivity index (χ1v) is 7.29. The SMILES string of the molecule is CCCCCOc1ccc(CCNCCC)cc1. The number of nitrogens with one attached hydrogen (secondary N) is 1. The predicted octanol–water partition coefficient (Wildman–Crippen LogP) is 3.80. The minimum Gasteiger partial charge on any atom is -0.494 e. The third-order valence-electron chi connectivity index (χ3n) is 2.96. The molecule has 1 aromatic carbocycles. The van der Waals surface area contributed by atoms with Gasteiger partial charge in [-0.25, -0.2) is 0 Å². The third-order valence-corrected chi connectivity index (χ3v) is 2.96. The second kappa shape index (κ2) is 9.95. The molecule has 1 N–H and O–H groups in total. The topological polar surface area (TPSA) is 21.3 Å². The van der Waals surface area contributed by atoms with E-state index in [9.17, 15) is 0 Å². The number of rotatable bonds is 10. The molecule has 0 fully saturated rings. The van der Waals surface area contributed by atoms with Crippen molar-refractivity contribution in [2.75, 3.05) is 19.7 Å². The number of hydrogen-bond donors (Lipinski definition) is 1. The molecule has 0 saturated heterocycles. The molecule has 0 aromatic heterocycles. The second-order valence-corrected chi connectivity index (χ2v) is 4.70. The summed E-state index contributed by atoms with van der Waals surface area (Å²) in [6.07, 6.45) is 5.94. The Bertz CT molecular complexity index is 263. The van der Waals surface area contributed by atoms with Crippen molar-refractivity contribution < 1.29 is 4.74 Å². The molecule has 0 aliphatic carbocycles. The van der Waals surface area contributed by atoms with Gasteiger partial charge in [-0.05, 0) is 50.0 Å². The first-order valence-electron chi connectivity index (χ1n) is 7.29. The first-order chi connectivity index (χ1) is 8.86. The Morgan fingerprint density at radius 3 is 2.39 bits per heavy atom. The molecule has 0 bridgehead atoms. The summed E-state index contributed by atoms with van der Waals surface area (Å²) in [4.78, 5) is 0. The van der Waals surface area contributed by atoms with Crippen LogP contribution in [-0.2, 0) is 6.42 Å². The summed E-state index contributed by atoms with van der Waals surface area (Å²) in [5.41, 5.74) is 1.37. The van der Waals surface area contributed by atoms with Crippen molar-refractivity contribution in [2.45, 2.75) is 46.0 Å². The van der Waals surface area contributed by atoms with E-state index in [1.807, 2.05) is 0 Å². The van der Waals surface area contributed by atoms with Gasteiger partial charge in [0.2, 0.25) is 0 Å². The lowest BCUT2D eigenvalue weighted by Gasteiger charge is -2.07. The highest BCUT2D eigenvalue weighted by atomic mass is 16.5. The number of unbranched alkanes of at least 4 members (excludes halogenated alkanes) is 2. The predicted molar refractivity (Wildman–Crippen MR) is 78.3 cm³/mol. The van der Waals surface area contributed by atoms with Gasteiger partial charge in [0.25, 0.3) is 0 Å². The highest BCUT2D eigenvalue weighted by molar-refractivity contribution is 5.27. The molecule has 0 heterocycles. The fraction of sp³-hybridized carbons (Fsp3) is 0.625. The van der Waals surface area contributed by atoms with Crippen LogP contribution in [0.5, 0.6) is 5.75 Å². The van der Waals surface area contributed by atoms with E-state index in [1.165, 1.54) is 24.8 Å². The molecule has 0 amide bonds. The van der Waals surface area contributed by atoms with Gasteiger partial charge in [0.15, 0.2) is 0 Å². The molecule has 0 unspecified atom stereocenters. The highest BCUT2D eigenvalue weighted by Gasteiger charge is 1.96. The van der Waals surface area contributed by atoms with E-state index in [1.54, 1.807) is 0 Å². The van der Waals surface area contributed by atoms with Gasteiger partial charge in [0, 0.05) is 0 Å². The van der Waals surface area contributed by atoms with E-state index < -0.39 is 0 Å². The van der Waals surface area contributed by atoms with Crippen LogP contribution in [-0.4, -0.2) is 19.7 Å². The summed E-state index contributed by atoms with van der Waals surface area (Å²) in [6.45, 7) is 7.41. The highest BCUT2D eigenvalue weighted by Crippen LogP contribution is 2.13. The van der Waals surface area contributed by atoms with Crippen LogP contribution in [0.25, 0.3) is 0 Å². The van der Waals surface area contributed by atoms with Crippen molar-refractivity contribution in [1.82, 2.24) is 5.32 Å². The number of hydrogen-bond acceptors (Lipinski definition) is 2. The van der Waals surface area contributed by atoms with Crippen LogP contribution in [0.1, 0.15) is 45.1 Å². The van der Waals surface area contributed by atoms with Crippen molar-refractivity contribution in [1.29, 1.82) is 0 Å². The maximum Gasteiger partial charge on any atom is 0.119 e. The standard InChI is InChI=1S/C16H27NO/c1-3-5-6-14-18-16-9-7-15(8-10-16)11-13-17-12-4-2/h7-10,17H,3-6,11-14H2,1-2H3. The van der Waals surface area contributed by atoms with Crippen molar-refractivity contribution in [3.8, 4) is 5.75 Å². The van der Waals surface area contributed by atoms with Crippen molar-refractivity contribution in [2.24, 2.45) is 0 Å². The minimum atomic E-state index is 0.839. The Balaban J connectivity index is 2.20. The van der Waals surface area contributed by atoms with E-state index in [-0.39, 0.29) is 0 Å². The smallest absolute Gasteiger partial charge is 0.119 e. The Morgan fingerprint density at radius 2 is 1.72 bits per heavy atom. The molecular formula is C16H27NO. The molecule has 0 atom stereocenters. The summed E-state index contributed by atoms with van der Waals surface area (Å²) in [5.74, 6) is 0.997. The molecule has 1 rings (SSSR count). The van der Waals surface area contributed by atoms with Crippen LogP contribution >= 0.6 is 0 Å². The molecule has 0 radical (unpaired) electrons. The van der Waals surface area contributed by atoms with E-state index in [4.69, 9.17) is 4.74 Å². The monoisotopic (exact) mass is 249 g/mol. The molecule has 18 heavy (non-hydrogen) atoms. The van der Waals surface area contributed by atoms with E-state index in [0.29, 0.717) is 0 Å². The van der Waals surface area contributed by atoms with Crippen molar-refractivity contribution in [3.63, 3.8) is 0 Å². The Morgan fingerprint density at radius 1 is 0.944 bits per heavy atom. The van der Waals surface area contributed by atoms with Gasteiger partial charge in [-0.3, -0.25) is 0 Å². The Hall–Kier alpha value is -1.02. The normalized spacial score (nSPS) is 10.6. The van der Waals surface area contributed by atoms with Gasteiger partial charge in [-0.2, -0.15) is 0 Å². The lowest BCUT2D eigenvalue weighted by atomic mass is 10.1. The van der Waals surface area contributed by atoms with Gasteiger partial charge < -0.3 is 10.1 Å². The maximum atomic E-state index is 5.69. The second-order valence-electron chi connectivity index (χ2n) is 4.70. The lowest BCUT2D eigenvalue weighted by molar-refractivity contribution is 0.306. The summed E-state index contributed by atoms with van der Waals surface area (Å²) in [7, 11) is 0. The largest absolute Gasteiger partial charge is 0.494 e. The summed E-state index contributed by atoms with van der Waals surface area (Å²) in [5, 5.41) is 3.42. The van der Waals surface area contributed by atoms with Crippen LogP contribution < -0.4 is 10.1 Å². The van der Waals surface area contributed by atoms with E-state index >= 15 is 0 Å². The molecule has 0 aliphatic rings. The zero-order valence-corrected chi connectivity index (χ0v) is 11.9. The number of benzene rings is 1. The maximum absolute atomic E-state index is 5.69. The Kier molecular flexibility index (Phi) is 8.32. The fourth-order valence-electron chi connectivity index (χ4n) is 1.83. The van der Waals surface area contributed by atoms with E-state index in [2.05, 4.69) is 43.4 Å². The van der Waals surface area contributed by atoms with Gasteiger partial charge in [-0.15, -0.1) is 0 Å². The van der Waals surface area contributed by atoms with Crippen molar-refractivity contribution in [3.05, 3.63) is 29.8 Å². The molecule has 0 saturated carbocycles. The summed E-state index contributed by atoms with van der Waals surface area (Å²) >= 11 is 0. The van der Waals surface area contributed by atoms with Crippen LogP contribution in [0.15, 0.2) is 24.3 Å². The van der Waals surface area contributed by atoms with Gasteiger partial charge in [-0.1, -0.05) is 38.8 Å². The van der Waals surface area contributed by atoms with Gasteiger partial charge in [0.1, 0.15) is 5.75 Å². The zero-order chi connectivity index (χ0) is 13.1. The third kappa shape index (κ3) is 6.65. The summed E-state index contributed by atoms with van der Waals surface area (Å²) in [6, 6.07) is 8.51. The fourth-order valence-corrected chi connectivity index (χ4v) is 1.83. The summed E-state index contributed by atoms with van der Waals surface area (Å²) < 4.78 is 5.69. The average molecular weight is 249 g/mol. The van der Waals surface area contributed by atoms with Crippen LogP contribution in [0.2, 0.25) is 0 Å². The van der Waals surface area contributed by atoms with Crippen LogP contribution in [0.3, 0.4) is 0 Å². The quantitative estimate of drug-likeness (QED) is 0.637. The van der Waals surface area contributed by atoms with Gasteiger partial charge >= 0.3 is 0 Å². The molecule has 102 valence electrons. The molecule has 2 heteroatoms. The van der Waals surface area contributed by atoms with Crippen LogP contribution in [0, 0.1) is 0 Å². The molecule has 2 nitrogen and oxygen atoms in total. The van der Waals surface area contributed by atoms with Crippen molar-refractivity contribution >= 4 is 0 Å². The van der Waals surface area contributed by atoms with E-state index in [0.717, 1.165) is 38.3 Å². The molecule has 1 aromatic rings. The molecule has 0 aliphatic heterocycles. The lowest BCUT2D eigenvalue weighted by Crippen LogP contribution is -2.17. The average Bonchev–Trinajstić information content (AvgIpc) is 2.41. The molecular weight excluding hydrogens is 222 g/mol. The Labute approximate surface area is 112 Å². The van der Waals surface area contributed by atoms with Crippen LogP contribution in [0.4, 0.5) is 0 Å². The minimum absolute atomic E-state index is 0.839. The number of ether oxygens (including phenoxy) is 1. The first kappa shape index (κ1) is 15.0.